The second-order valence-corrected chi connectivity index (χ2v) is 4.11. The lowest BCUT2D eigenvalue weighted by atomic mass is 10.1. The minimum atomic E-state index is 0.360. The van der Waals surface area contributed by atoms with Gasteiger partial charge in [0, 0.05) is 11.5 Å². The van der Waals surface area contributed by atoms with E-state index in [4.69, 9.17) is 9.31 Å². The highest BCUT2D eigenvalue weighted by atomic mass is 16.6. The molecular weight excluding hydrogens is 199 g/mol. The molecule has 1 fully saturated rings. The van der Waals surface area contributed by atoms with Crippen LogP contribution in [0.5, 0.6) is 5.75 Å². The molecule has 0 N–H and O–H groups in total. The molecule has 0 unspecified atom stereocenters. The van der Waals surface area contributed by atoms with Gasteiger partial charge in [0.2, 0.25) is 0 Å². The van der Waals surface area contributed by atoms with Crippen LogP contribution in [0.4, 0.5) is 0 Å². The number of hydrogen-bond donors (Lipinski definition) is 0. The standard InChI is InChI=1S/C13H13BO2/c1-2-6-12-10(4-1)5-3-7-13(12)16-14-15-11-8-9-11/h1-7,11,14H,8-9H2. The average Bonchev–Trinajstić information content (AvgIpc) is 3.13. The first-order chi connectivity index (χ1) is 7.93. The molecule has 0 heterocycles. The van der Waals surface area contributed by atoms with Gasteiger partial charge in [0.05, 0.1) is 0 Å². The quantitative estimate of drug-likeness (QED) is 0.725. The topological polar surface area (TPSA) is 18.5 Å². The number of fused-ring (bicyclic) bond motifs is 1. The molecule has 1 saturated carbocycles. The van der Waals surface area contributed by atoms with Crippen molar-refractivity contribution in [1.82, 2.24) is 0 Å². The zero-order chi connectivity index (χ0) is 10.8. The molecule has 16 heavy (non-hydrogen) atoms. The fraction of sp³-hybridized carbons (Fsp3) is 0.231. The molecule has 1 aliphatic carbocycles. The summed E-state index contributed by atoms with van der Waals surface area (Å²) in [6, 6.07) is 14.3. The molecule has 0 amide bonds. The van der Waals surface area contributed by atoms with E-state index in [1.54, 1.807) is 0 Å². The summed E-state index contributed by atoms with van der Waals surface area (Å²) >= 11 is 0. The van der Waals surface area contributed by atoms with E-state index < -0.39 is 0 Å². The fourth-order valence-corrected chi connectivity index (χ4v) is 1.75. The second-order valence-electron chi connectivity index (χ2n) is 4.11. The van der Waals surface area contributed by atoms with Crippen LogP contribution in [0.1, 0.15) is 12.8 Å². The van der Waals surface area contributed by atoms with Crippen molar-refractivity contribution in [3.63, 3.8) is 0 Å². The number of rotatable bonds is 4. The van der Waals surface area contributed by atoms with Crippen LogP contribution in [0.15, 0.2) is 42.5 Å². The van der Waals surface area contributed by atoms with E-state index in [0.29, 0.717) is 13.8 Å². The fourth-order valence-electron chi connectivity index (χ4n) is 1.75. The Morgan fingerprint density at radius 1 is 1.00 bits per heavy atom. The van der Waals surface area contributed by atoms with E-state index in [1.165, 1.54) is 18.2 Å². The van der Waals surface area contributed by atoms with Crippen molar-refractivity contribution in [1.29, 1.82) is 0 Å². The van der Waals surface area contributed by atoms with Crippen molar-refractivity contribution in [3.8, 4) is 5.75 Å². The second kappa shape index (κ2) is 4.18. The van der Waals surface area contributed by atoms with Crippen LogP contribution in [0.3, 0.4) is 0 Å². The van der Waals surface area contributed by atoms with Crippen LogP contribution in [0.25, 0.3) is 10.8 Å². The highest BCUT2D eigenvalue weighted by Crippen LogP contribution is 2.26. The lowest BCUT2D eigenvalue weighted by Gasteiger charge is -2.08. The molecule has 3 rings (SSSR count). The van der Waals surface area contributed by atoms with Gasteiger partial charge in [0.15, 0.2) is 0 Å². The van der Waals surface area contributed by atoms with Gasteiger partial charge in [0.1, 0.15) is 5.75 Å². The van der Waals surface area contributed by atoms with Gasteiger partial charge in [-0.3, -0.25) is 0 Å². The van der Waals surface area contributed by atoms with Crippen LogP contribution in [-0.4, -0.2) is 13.8 Å². The van der Waals surface area contributed by atoms with Crippen LogP contribution in [0.2, 0.25) is 0 Å². The maximum atomic E-state index is 5.65. The van der Waals surface area contributed by atoms with E-state index in [1.807, 2.05) is 24.3 Å². The van der Waals surface area contributed by atoms with Gasteiger partial charge in [-0.2, -0.15) is 0 Å². The van der Waals surface area contributed by atoms with E-state index in [2.05, 4.69) is 18.2 Å². The molecule has 2 aromatic rings. The molecule has 0 saturated heterocycles. The lowest BCUT2D eigenvalue weighted by molar-refractivity contribution is 0.277. The SMILES string of the molecule is B(Oc1cccc2ccccc12)OC1CC1. The molecule has 3 heteroatoms. The van der Waals surface area contributed by atoms with Gasteiger partial charge in [0.25, 0.3) is 0 Å². The molecule has 0 bridgehead atoms. The van der Waals surface area contributed by atoms with Crippen LogP contribution in [-0.2, 0) is 4.65 Å². The third kappa shape index (κ3) is 2.04. The van der Waals surface area contributed by atoms with Crippen molar-refractivity contribution in [2.75, 3.05) is 0 Å². The molecule has 80 valence electrons. The summed E-state index contributed by atoms with van der Waals surface area (Å²) in [5, 5.41) is 2.34. The molecule has 0 radical (unpaired) electrons. The molecule has 0 aromatic heterocycles. The largest absolute Gasteiger partial charge is 0.538 e. The first-order valence-electron chi connectivity index (χ1n) is 5.66. The molecule has 0 atom stereocenters. The van der Waals surface area contributed by atoms with Crippen molar-refractivity contribution in [2.45, 2.75) is 18.9 Å². The van der Waals surface area contributed by atoms with Gasteiger partial charge < -0.3 is 9.31 Å². The Balaban J connectivity index is 1.79. The Hall–Kier alpha value is -1.48. The van der Waals surface area contributed by atoms with Crippen molar-refractivity contribution in [3.05, 3.63) is 42.5 Å². The summed E-state index contributed by atoms with van der Waals surface area (Å²) in [5.41, 5.74) is 0. The lowest BCUT2D eigenvalue weighted by Crippen LogP contribution is -2.09. The first kappa shape index (κ1) is 9.73. The maximum absolute atomic E-state index is 5.65. The number of benzene rings is 2. The molecule has 0 spiro atoms. The molecule has 2 aromatic carbocycles. The Morgan fingerprint density at radius 3 is 2.69 bits per heavy atom. The van der Waals surface area contributed by atoms with Crippen molar-refractivity contribution < 1.29 is 9.31 Å². The summed E-state index contributed by atoms with van der Waals surface area (Å²) in [6.45, 7) is 0. The Labute approximate surface area is 95.5 Å². The van der Waals surface area contributed by atoms with E-state index in [-0.39, 0.29) is 0 Å². The average molecular weight is 212 g/mol. The van der Waals surface area contributed by atoms with Crippen LogP contribution >= 0.6 is 0 Å². The third-order valence-electron chi connectivity index (χ3n) is 2.79. The Morgan fingerprint density at radius 2 is 1.81 bits per heavy atom. The van der Waals surface area contributed by atoms with Crippen molar-refractivity contribution >= 4 is 18.5 Å². The normalized spacial score (nSPS) is 15.0. The summed E-state index contributed by atoms with van der Waals surface area (Å²) in [5.74, 6) is 0.902. The molecular formula is C13H13BO2. The van der Waals surface area contributed by atoms with Crippen LogP contribution < -0.4 is 4.65 Å². The zero-order valence-corrected chi connectivity index (χ0v) is 9.06. The van der Waals surface area contributed by atoms with Crippen LogP contribution in [0, 0.1) is 0 Å². The predicted molar refractivity (Wildman–Crippen MR) is 65.8 cm³/mol. The van der Waals surface area contributed by atoms with Crippen molar-refractivity contribution in [2.24, 2.45) is 0 Å². The third-order valence-corrected chi connectivity index (χ3v) is 2.79. The van der Waals surface area contributed by atoms with E-state index in [9.17, 15) is 0 Å². The Bertz CT molecular complexity index is 489. The molecule has 0 aliphatic heterocycles. The summed E-state index contributed by atoms with van der Waals surface area (Å²) < 4.78 is 11.1. The van der Waals surface area contributed by atoms with Gasteiger partial charge in [-0.05, 0) is 24.3 Å². The minimum Gasteiger partial charge on any atom is -0.538 e. The molecule has 1 aliphatic rings. The zero-order valence-electron chi connectivity index (χ0n) is 9.06. The van der Waals surface area contributed by atoms with Gasteiger partial charge >= 0.3 is 7.69 Å². The maximum Gasteiger partial charge on any atom is 0.507 e. The summed E-state index contributed by atoms with van der Waals surface area (Å²) in [4.78, 5) is 0. The minimum absolute atomic E-state index is 0.360. The van der Waals surface area contributed by atoms with Gasteiger partial charge in [-0.1, -0.05) is 36.4 Å². The summed E-state index contributed by atoms with van der Waals surface area (Å²) in [6.07, 6.45) is 2.80. The number of hydrogen-bond acceptors (Lipinski definition) is 2. The Kier molecular flexibility index (Phi) is 2.54. The highest BCUT2D eigenvalue weighted by molar-refractivity contribution is 6.20. The monoisotopic (exact) mass is 212 g/mol. The van der Waals surface area contributed by atoms with Gasteiger partial charge in [-0.15, -0.1) is 0 Å². The first-order valence-corrected chi connectivity index (χ1v) is 5.66. The predicted octanol–water partition coefficient (Wildman–Crippen LogP) is 2.66. The highest BCUT2D eigenvalue weighted by Gasteiger charge is 2.22. The molecule has 2 nitrogen and oxygen atoms in total. The van der Waals surface area contributed by atoms with E-state index >= 15 is 0 Å². The van der Waals surface area contributed by atoms with E-state index in [0.717, 1.165) is 11.1 Å². The smallest absolute Gasteiger partial charge is 0.507 e. The van der Waals surface area contributed by atoms with Gasteiger partial charge in [-0.25, -0.2) is 0 Å². The summed E-state index contributed by atoms with van der Waals surface area (Å²) in [7, 11) is 0.360.